The van der Waals surface area contributed by atoms with Crippen LogP contribution in [-0.2, 0) is 17.6 Å². The number of aromatic amines is 1. The number of rotatable bonds is 2. The van der Waals surface area contributed by atoms with Crippen LogP contribution in [0.1, 0.15) is 34.5 Å². The lowest BCUT2D eigenvalue weighted by molar-refractivity contribution is 0.0601. The first kappa shape index (κ1) is 14.7. The second kappa shape index (κ2) is 5.63. The fourth-order valence-corrected chi connectivity index (χ4v) is 3.40. The van der Waals surface area contributed by atoms with Crippen LogP contribution in [0.4, 0.5) is 0 Å². The van der Waals surface area contributed by atoms with Crippen molar-refractivity contribution in [2.45, 2.75) is 25.7 Å². The molecule has 0 bridgehead atoms. The average molecular weight is 323 g/mol. The van der Waals surface area contributed by atoms with Crippen LogP contribution in [-0.4, -0.2) is 33.1 Å². The molecule has 0 fully saturated rings. The molecule has 2 aromatic heterocycles. The molecule has 0 unspecified atom stereocenters. The van der Waals surface area contributed by atoms with Gasteiger partial charge in [-0.25, -0.2) is 14.8 Å². The molecule has 0 spiro atoms. The Bertz CT molecular complexity index is 946. The van der Waals surface area contributed by atoms with Gasteiger partial charge in [0.1, 0.15) is 6.33 Å². The van der Waals surface area contributed by atoms with Gasteiger partial charge < -0.3 is 14.8 Å². The maximum Gasteiger partial charge on any atom is 0.337 e. The Labute approximate surface area is 138 Å². The number of ether oxygens (including phenoxy) is 1. The Balaban J connectivity index is 1.97. The Morgan fingerprint density at radius 2 is 2.08 bits per heavy atom. The molecule has 3 aromatic rings. The number of carbonyl (C=O) groups is 1. The van der Waals surface area contributed by atoms with Crippen molar-refractivity contribution in [3.63, 3.8) is 0 Å². The van der Waals surface area contributed by atoms with Gasteiger partial charge in [0.2, 0.25) is 0 Å². The van der Waals surface area contributed by atoms with Crippen molar-refractivity contribution in [3.8, 4) is 17.1 Å². The van der Waals surface area contributed by atoms with Crippen molar-refractivity contribution in [1.82, 2.24) is 15.0 Å². The van der Waals surface area contributed by atoms with Gasteiger partial charge in [-0.2, -0.15) is 0 Å². The zero-order valence-electron chi connectivity index (χ0n) is 13.3. The molecule has 0 saturated carbocycles. The van der Waals surface area contributed by atoms with Crippen molar-refractivity contribution >= 4 is 16.9 Å². The topological polar surface area (TPSA) is 88.1 Å². The van der Waals surface area contributed by atoms with Gasteiger partial charge in [-0.15, -0.1) is 0 Å². The largest absolute Gasteiger partial charge is 0.494 e. The number of hydrogen-bond acceptors (Lipinski definition) is 5. The van der Waals surface area contributed by atoms with Crippen LogP contribution >= 0.6 is 0 Å². The van der Waals surface area contributed by atoms with Crippen LogP contribution in [0.15, 0.2) is 24.5 Å². The van der Waals surface area contributed by atoms with Crippen LogP contribution in [0.5, 0.6) is 5.88 Å². The summed E-state index contributed by atoms with van der Waals surface area (Å²) < 4.78 is 4.79. The van der Waals surface area contributed by atoms with Gasteiger partial charge in [-0.3, -0.25) is 0 Å². The van der Waals surface area contributed by atoms with Gasteiger partial charge in [0.15, 0.2) is 5.88 Å². The predicted octanol–water partition coefficient (Wildman–Crippen LogP) is 3.00. The normalized spacial score (nSPS) is 13.7. The van der Waals surface area contributed by atoms with Gasteiger partial charge in [0, 0.05) is 22.2 Å². The highest BCUT2D eigenvalue weighted by molar-refractivity contribution is 6.03. The number of aromatic hydroxyl groups is 1. The lowest BCUT2D eigenvalue weighted by atomic mass is 9.92. The van der Waals surface area contributed by atoms with Crippen LogP contribution in [0.2, 0.25) is 0 Å². The molecule has 0 atom stereocenters. The highest BCUT2D eigenvalue weighted by Gasteiger charge is 2.22. The number of H-pyrrole nitrogens is 1. The SMILES string of the molecule is COC(=O)c1ccc2[nH]c(O)c(-c3ncnc4c3CCCC4)c2c1. The van der Waals surface area contributed by atoms with Gasteiger partial charge in [-0.1, -0.05) is 0 Å². The van der Waals surface area contributed by atoms with Crippen molar-refractivity contribution in [3.05, 3.63) is 41.3 Å². The maximum absolute atomic E-state index is 11.8. The van der Waals surface area contributed by atoms with E-state index in [4.69, 9.17) is 4.74 Å². The molecule has 24 heavy (non-hydrogen) atoms. The zero-order chi connectivity index (χ0) is 16.7. The number of nitrogens with zero attached hydrogens (tertiary/aromatic N) is 2. The highest BCUT2D eigenvalue weighted by atomic mass is 16.5. The third-order valence-corrected chi connectivity index (χ3v) is 4.56. The first-order valence-corrected chi connectivity index (χ1v) is 7.95. The van der Waals surface area contributed by atoms with E-state index in [0.29, 0.717) is 11.1 Å². The summed E-state index contributed by atoms with van der Waals surface area (Å²) in [6.07, 6.45) is 5.58. The molecule has 0 amide bonds. The van der Waals surface area contributed by atoms with Crippen LogP contribution in [0.3, 0.4) is 0 Å². The molecule has 0 radical (unpaired) electrons. The third kappa shape index (κ3) is 2.22. The minimum atomic E-state index is -0.409. The van der Waals surface area contributed by atoms with E-state index in [0.717, 1.165) is 53.5 Å². The number of esters is 1. The number of fused-ring (bicyclic) bond motifs is 2. The minimum absolute atomic E-state index is 0.0542. The van der Waals surface area contributed by atoms with Crippen molar-refractivity contribution in [2.24, 2.45) is 0 Å². The fourth-order valence-electron chi connectivity index (χ4n) is 3.40. The van der Waals surface area contributed by atoms with Gasteiger partial charge >= 0.3 is 5.97 Å². The number of carbonyl (C=O) groups excluding carboxylic acids is 1. The van der Waals surface area contributed by atoms with Crippen LogP contribution < -0.4 is 0 Å². The zero-order valence-corrected chi connectivity index (χ0v) is 13.3. The predicted molar refractivity (Wildman–Crippen MR) is 89.0 cm³/mol. The molecule has 1 aliphatic carbocycles. The summed E-state index contributed by atoms with van der Waals surface area (Å²) in [4.78, 5) is 23.6. The molecule has 0 aliphatic heterocycles. The van der Waals surface area contributed by atoms with Gasteiger partial charge in [0.05, 0.1) is 23.9 Å². The maximum atomic E-state index is 11.8. The molecule has 6 nitrogen and oxygen atoms in total. The summed E-state index contributed by atoms with van der Waals surface area (Å²) in [5, 5.41) is 11.2. The first-order chi connectivity index (χ1) is 11.7. The van der Waals surface area contributed by atoms with Crippen molar-refractivity contribution in [1.29, 1.82) is 0 Å². The Morgan fingerprint density at radius 1 is 1.25 bits per heavy atom. The Kier molecular flexibility index (Phi) is 3.45. The molecule has 1 aliphatic rings. The third-order valence-electron chi connectivity index (χ3n) is 4.56. The number of hydrogen-bond donors (Lipinski definition) is 2. The van der Waals surface area contributed by atoms with Gasteiger partial charge in [0.25, 0.3) is 0 Å². The molecule has 0 saturated heterocycles. The van der Waals surface area contributed by atoms with E-state index in [1.54, 1.807) is 24.5 Å². The van der Waals surface area contributed by atoms with Crippen molar-refractivity contribution in [2.75, 3.05) is 7.11 Å². The second-order valence-corrected chi connectivity index (χ2v) is 5.96. The standard InChI is InChI=1S/C18H17N3O3/c1-24-18(23)10-6-7-14-12(8-10)15(17(22)21-14)16-11-4-2-3-5-13(11)19-9-20-16/h6-9,21-22H,2-5H2,1H3. The summed E-state index contributed by atoms with van der Waals surface area (Å²) >= 11 is 0. The van der Waals surface area contributed by atoms with Crippen LogP contribution in [0, 0.1) is 0 Å². The molecular formula is C18H17N3O3. The summed E-state index contributed by atoms with van der Waals surface area (Å²) in [7, 11) is 1.35. The summed E-state index contributed by atoms with van der Waals surface area (Å²) in [5.41, 5.74) is 4.68. The summed E-state index contributed by atoms with van der Waals surface area (Å²) in [5.74, 6) is -0.355. The monoisotopic (exact) mass is 323 g/mol. The smallest absolute Gasteiger partial charge is 0.337 e. The number of aromatic nitrogens is 3. The van der Waals surface area contributed by atoms with Gasteiger partial charge in [-0.05, 0) is 43.9 Å². The number of methoxy groups -OCH3 is 1. The lowest BCUT2D eigenvalue weighted by Crippen LogP contribution is -2.08. The molecular weight excluding hydrogens is 306 g/mol. The number of nitrogens with one attached hydrogen (secondary N) is 1. The molecule has 6 heteroatoms. The van der Waals surface area contributed by atoms with E-state index in [1.807, 2.05) is 0 Å². The quantitative estimate of drug-likeness (QED) is 0.708. The molecule has 2 N–H and O–H groups in total. The molecule has 4 rings (SSSR count). The average Bonchev–Trinajstić information content (AvgIpc) is 2.95. The minimum Gasteiger partial charge on any atom is -0.494 e. The number of aryl methyl sites for hydroxylation is 1. The Morgan fingerprint density at radius 3 is 2.92 bits per heavy atom. The highest BCUT2D eigenvalue weighted by Crippen LogP contribution is 2.39. The molecule has 2 heterocycles. The summed E-state index contributed by atoms with van der Waals surface area (Å²) in [6.45, 7) is 0. The van der Waals surface area contributed by atoms with Crippen LogP contribution in [0.25, 0.3) is 22.2 Å². The van der Waals surface area contributed by atoms with E-state index in [1.165, 1.54) is 7.11 Å². The van der Waals surface area contributed by atoms with E-state index >= 15 is 0 Å². The van der Waals surface area contributed by atoms with E-state index in [2.05, 4.69) is 15.0 Å². The number of benzene rings is 1. The molecule has 1 aromatic carbocycles. The van der Waals surface area contributed by atoms with E-state index in [-0.39, 0.29) is 5.88 Å². The second-order valence-electron chi connectivity index (χ2n) is 5.96. The van der Waals surface area contributed by atoms with E-state index < -0.39 is 5.97 Å². The Hall–Kier alpha value is -2.89. The van der Waals surface area contributed by atoms with E-state index in [9.17, 15) is 9.90 Å². The fraction of sp³-hybridized carbons (Fsp3) is 0.278. The van der Waals surface area contributed by atoms with Crippen molar-refractivity contribution < 1.29 is 14.6 Å². The summed E-state index contributed by atoms with van der Waals surface area (Å²) in [6, 6.07) is 5.16. The lowest BCUT2D eigenvalue weighted by Gasteiger charge is -2.17. The molecule has 122 valence electrons. The first-order valence-electron chi connectivity index (χ1n) is 7.95.